The summed E-state index contributed by atoms with van der Waals surface area (Å²) in [7, 11) is 0. The molecule has 150 valence electrons. The summed E-state index contributed by atoms with van der Waals surface area (Å²) in [6, 6.07) is 22.2. The largest absolute Gasteiger partial charge is 0.375 e. The third kappa shape index (κ3) is 3.67. The third-order valence-corrected chi connectivity index (χ3v) is 5.22. The van der Waals surface area contributed by atoms with Gasteiger partial charge in [-0.25, -0.2) is 4.39 Å². The lowest BCUT2D eigenvalue weighted by Gasteiger charge is -2.22. The molecule has 30 heavy (non-hydrogen) atoms. The Kier molecular flexibility index (Phi) is 5.29. The van der Waals surface area contributed by atoms with Crippen molar-refractivity contribution in [2.45, 2.75) is 18.6 Å². The minimum absolute atomic E-state index is 0.0289. The summed E-state index contributed by atoms with van der Waals surface area (Å²) in [5, 5.41) is 11.3. The lowest BCUT2D eigenvalue weighted by atomic mass is 9.89. The van der Waals surface area contributed by atoms with E-state index in [9.17, 15) is 19.1 Å². The number of amides is 1. The highest BCUT2D eigenvalue weighted by molar-refractivity contribution is 6.10. The molecular formula is C25H20FNO3. The molecule has 1 atom stereocenters. The van der Waals surface area contributed by atoms with Crippen molar-refractivity contribution in [3.8, 4) is 0 Å². The Hall–Kier alpha value is -3.57. The van der Waals surface area contributed by atoms with Gasteiger partial charge in [0.15, 0.2) is 11.4 Å². The Morgan fingerprint density at radius 2 is 1.63 bits per heavy atom. The SMILES string of the molecule is O=C(/C=C/c1ccccc1)CC1(O)C(=O)N(Cc2ccccc2F)c2ccccc21. The van der Waals surface area contributed by atoms with Crippen molar-refractivity contribution in [1.82, 2.24) is 0 Å². The van der Waals surface area contributed by atoms with Crippen LogP contribution in [0.4, 0.5) is 10.1 Å². The topological polar surface area (TPSA) is 57.6 Å². The maximum atomic E-state index is 14.1. The maximum absolute atomic E-state index is 14.1. The number of carbonyl (C=O) groups is 2. The number of para-hydroxylation sites is 1. The minimum Gasteiger partial charge on any atom is -0.375 e. The van der Waals surface area contributed by atoms with Gasteiger partial charge < -0.3 is 10.0 Å². The number of nitrogens with zero attached hydrogens (tertiary/aromatic N) is 1. The van der Waals surface area contributed by atoms with Gasteiger partial charge in [0, 0.05) is 11.1 Å². The number of fused-ring (bicyclic) bond motifs is 1. The lowest BCUT2D eigenvalue weighted by molar-refractivity contribution is -0.140. The van der Waals surface area contributed by atoms with E-state index >= 15 is 0 Å². The zero-order chi connectivity index (χ0) is 21.1. The molecule has 0 spiro atoms. The van der Waals surface area contributed by atoms with Crippen LogP contribution in [0.2, 0.25) is 0 Å². The summed E-state index contributed by atoms with van der Waals surface area (Å²) < 4.78 is 14.1. The van der Waals surface area contributed by atoms with Crippen molar-refractivity contribution in [3.63, 3.8) is 0 Å². The molecule has 0 saturated heterocycles. The molecule has 0 saturated carbocycles. The molecule has 0 aliphatic carbocycles. The zero-order valence-electron chi connectivity index (χ0n) is 16.2. The number of rotatable bonds is 6. The van der Waals surface area contributed by atoms with E-state index in [-0.39, 0.29) is 18.7 Å². The number of carbonyl (C=O) groups excluding carboxylic acids is 2. The predicted octanol–water partition coefficient (Wildman–Crippen LogP) is 4.23. The molecule has 0 radical (unpaired) electrons. The molecule has 3 aromatic rings. The monoisotopic (exact) mass is 401 g/mol. The van der Waals surface area contributed by atoms with Gasteiger partial charge in [0.05, 0.1) is 18.7 Å². The van der Waals surface area contributed by atoms with Crippen LogP contribution in [0.3, 0.4) is 0 Å². The normalized spacial score (nSPS) is 18.1. The fraction of sp³-hybridized carbons (Fsp3) is 0.120. The Bertz CT molecular complexity index is 1130. The smallest absolute Gasteiger partial charge is 0.264 e. The number of halogens is 1. The summed E-state index contributed by atoms with van der Waals surface area (Å²) in [6.45, 7) is -0.0289. The van der Waals surface area contributed by atoms with Gasteiger partial charge in [-0.2, -0.15) is 0 Å². The standard InChI is InChI=1S/C25H20FNO3/c26-22-12-6-4-10-19(22)17-27-23-13-7-5-11-21(23)25(30,24(27)29)16-20(28)15-14-18-8-2-1-3-9-18/h1-15,30H,16-17H2/b15-14+. The van der Waals surface area contributed by atoms with E-state index < -0.39 is 17.3 Å². The first-order chi connectivity index (χ1) is 14.5. The molecule has 4 rings (SSSR count). The van der Waals surface area contributed by atoms with Crippen molar-refractivity contribution in [2.75, 3.05) is 4.90 Å². The summed E-state index contributed by atoms with van der Waals surface area (Å²) in [5.41, 5.74) is 0.0261. The van der Waals surface area contributed by atoms with Gasteiger partial charge in [-0.1, -0.05) is 72.8 Å². The highest BCUT2D eigenvalue weighted by atomic mass is 19.1. The molecule has 5 heteroatoms. The van der Waals surface area contributed by atoms with Gasteiger partial charge >= 0.3 is 0 Å². The molecule has 4 nitrogen and oxygen atoms in total. The molecule has 1 N–H and O–H groups in total. The second kappa shape index (κ2) is 8.05. The summed E-state index contributed by atoms with van der Waals surface area (Å²) >= 11 is 0. The van der Waals surface area contributed by atoms with Crippen LogP contribution < -0.4 is 4.90 Å². The van der Waals surface area contributed by atoms with Crippen LogP contribution in [0.5, 0.6) is 0 Å². The molecular weight excluding hydrogens is 381 g/mol. The Morgan fingerprint density at radius 3 is 2.40 bits per heavy atom. The molecule has 1 amide bonds. The van der Waals surface area contributed by atoms with E-state index in [2.05, 4.69) is 0 Å². The van der Waals surface area contributed by atoms with Crippen molar-refractivity contribution in [3.05, 3.63) is 107 Å². The molecule has 3 aromatic carbocycles. The fourth-order valence-electron chi connectivity index (χ4n) is 3.70. The molecule has 0 aromatic heterocycles. The number of anilines is 1. The molecule has 0 bridgehead atoms. The van der Waals surface area contributed by atoms with Crippen molar-refractivity contribution in [1.29, 1.82) is 0 Å². The Balaban J connectivity index is 1.61. The van der Waals surface area contributed by atoms with Crippen molar-refractivity contribution >= 4 is 23.5 Å². The molecule has 1 aliphatic rings. The second-order valence-corrected chi connectivity index (χ2v) is 7.25. The number of hydrogen-bond acceptors (Lipinski definition) is 3. The average molecular weight is 401 g/mol. The van der Waals surface area contributed by atoms with Crippen LogP contribution in [0.1, 0.15) is 23.1 Å². The number of allylic oxidation sites excluding steroid dienone is 1. The van der Waals surface area contributed by atoms with E-state index in [1.54, 1.807) is 48.5 Å². The molecule has 1 aliphatic heterocycles. The Morgan fingerprint density at radius 1 is 0.967 bits per heavy atom. The average Bonchev–Trinajstić information content (AvgIpc) is 2.96. The third-order valence-electron chi connectivity index (χ3n) is 5.22. The van der Waals surface area contributed by atoms with Gasteiger partial charge in [0.2, 0.25) is 0 Å². The van der Waals surface area contributed by atoms with Crippen LogP contribution in [-0.4, -0.2) is 16.8 Å². The minimum atomic E-state index is -1.99. The van der Waals surface area contributed by atoms with Gasteiger partial charge in [0.1, 0.15) is 5.82 Å². The van der Waals surface area contributed by atoms with E-state index in [0.717, 1.165) is 5.56 Å². The van der Waals surface area contributed by atoms with E-state index in [1.165, 1.54) is 17.0 Å². The van der Waals surface area contributed by atoms with Crippen LogP contribution in [0.15, 0.2) is 84.9 Å². The Labute approximate surface area is 173 Å². The van der Waals surface area contributed by atoms with E-state index in [1.807, 2.05) is 30.3 Å². The van der Waals surface area contributed by atoms with Gasteiger partial charge in [-0.15, -0.1) is 0 Å². The summed E-state index contributed by atoms with van der Waals surface area (Å²) in [4.78, 5) is 27.1. The lowest BCUT2D eigenvalue weighted by Crippen LogP contribution is -2.41. The number of benzene rings is 3. The second-order valence-electron chi connectivity index (χ2n) is 7.25. The highest BCUT2D eigenvalue weighted by Gasteiger charge is 2.50. The van der Waals surface area contributed by atoms with Crippen LogP contribution in [0, 0.1) is 5.82 Å². The van der Waals surface area contributed by atoms with Crippen molar-refractivity contribution < 1.29 is 19.1 Å². The van der Waals surface area contributed by atoms with Crippen LogP contribution in [0.25, 0.3) is 6.08 Å². The number of aliphatic hydroxyl groups is 1. The number of ketones is 1. The van der Waals surface area contributed by atoms with Gasteiger partial charge in [-0.3, -0.25) is 9.59 Å². The quantitative estimate of drug-likeness (QED) is 0.629. The fourth-order valence-corrected chi connectivity index (χ4v) is 3.70. The maximum Gasteiger partial charge on any atom is 0.264 e. The van der Waals surface area contributed by atoms with E-state index in [0.29, 0.717) is 16.8 Å². The van der Waals surface area contributed by atoms with Gasteiger partial charge in [-0.05, 0) is 23.8 Å². The van der Waals surface area contributed by atoms with Crippen LogP contribution >= 0.6 is 0 Å². The molecule has 1 heterocycles. The van der Waals surface area contributed by atoms with E-state index in [4.69, 9.17) is 0 Å². The number of hydrogen-bond donors (Lipinski definition) is 1. The highest BCUT2D eigenvalue weighted by Crippen LogP contribution is 2.43. The first kappa shape index (κ1) is 19.7. The van der Waals surface area contributed by atoms with Gasteiger partial charge in [0.25, 0.3) is 5.91 Å². The zero-order valence-corrected chi connectivity index (χ0v) is 16.2. The summed E-state index contributed by atoms with van der Waals surface area (Å²) in [6.07, 6.45) is 2.62. The first-order valence-electron chi connectivity index (χ1n) is 9.62. The van der Waals surface area contributed by atoms with Crippen LogP contribution in [-0.2, 0) is 21.7 Å². The first-order valence-corrected chi connectivity index (χ1v) is 9.62. The molecule has 0 fully saturated rings. The predicted molar refractivity (Wildman–Crippen MR) is 113 cm³/mol. The summed E-state index contributed by atoms with van der Waals surface area (Å²) in [5.74, 6) is -1.44. The molecule has 1 unspecified atom stereocenters. The van der Waals surface area contributed by atoms with Crippen molar-refractivity contribution in [2.24, 2.45) is 0 Å².